The van der Waals surface area contributed by atoms with Crippen LogP contribution in [0.25, 0.3) is 0 Å². The number of benzene rings is 1. The molecule has 1 saturated carbocycles. The Morgan fingerprint density at radius 3 is 2.85 bits per heavy atom. The lowest BCUT2D eigenvalue weighted by atomic mass is 9.79. The van der Waals surface area contributed by atoms with Crippen molar-refractivity contribution in [2.24, 2.45) is 5.92 Å². The molecule has 4 rings (SSSR count). The lowest BCUT2D eigenvalue weighted by Crippen LogP contribution is -2.42. The number of aryl methyl sites for hydroxylation is 2. The fraction of sp³-hybridized carbons (Fsp3) is 0.480. The average Bonchev–Trinajstić information content (AvgIpc) is 2.80. The Morgan fingerprint density at radius 2 is 2.06 bits per heavy atom. The van der Waals surface area contributed by atoms with Gasteiger partial charge >= 0.3 is 5.97 Å². The molecule has 1 aliphatic heterocycles. The van der Waals surface area contributed by atoms with Gasteiger partial charge in [-0.3, -0.25) is 4.79 Å². The van der Waals surface area contributed by atoms with Crippen LogP contribution in [0.1, 0.15) is 53.7 Å². The fourth-order valence-electron chi connectivity index (χ4n) is 4.42. The Morgan fingerprint density at radius 1 is 1.24 bits per heavy atom. The van der Waals surface area contributed by atoms with Crippen molar-refractivity contribution < 1.29 is 28.2 Å². The number of carbonyl (C=O) groups is 2. The summed E-state index contributed by atoms with van der Waals surface area (Å²) in [4.78, 5) is 28.4. The fourth-order valence-corrected chi connectivity index (χ4v) is 4.42. The topological polar surface area (TPSA) is 101 Å². The van der Waals surface area contributed by atoms with E-state index in [-0.39, 0.29) is 19.1 Å². The van der Waals surface area contributed by atoms with E-state index in [1.54, 1.807) is 0 Å². The number of hydrogen-bond donors (Lipinski definition) is 3. The van der Waals surface area contributed by atoms with Crippen LogP contribution in [0, 0.1) is 17.6 Å². The molecular formula is C25H29F2N3O4. The lowest BCUT2D eigenvalue weighted by Gasteiger charge is -2.35. The van der Waals surface area contributed by atoms with Crippen LogP contribution in [0.4, 0.5) is 14.6 Å². The van der Waals surface area contributed by atoms with Crippen LogP contribution in [0.5, 0.6) is 0 Å². The molecule has 1 aromatic heterocycles. The van der Waals surface area contributed by atoms with Gasteiger partial charge in [0.25, 0.3) is 5.91 Å². The summed E-state index contributed by atoms with van der Waals surface area (Å²) in [5, 5.41) is 15.0. The van der Waals surface area contributed by atoms with Crippen LogP contribution in [0.2, 0.25) is 0 Å². The van der Waals surface area contributed by atoms with Crippen molar-refractivity contribution in [3.63, 3.8) is 0 Å². The number of carbonyl (C=O) groups excluding carboxylic acids is 1. The number of hydrogen-bond acceptors (Lipinski definition) is 5. The molecule has 34 heavy (non-hydrogen) atoms. The molecule has 3 N–H and O–H groups in total. The first-order chi connectivity index (χ1) is 16.4. The van der Waals surface area contributed by atoms with Gasteiger partial charge in [0.15, 0.2) is 0 Å². The maximum absolute atomic E-state index is 13.8. The van der Waals surface area contributed by atoms with Gasteiger partial charge in [0, 0.05) is 25.3 Å². The van der Waals surface area contributed by atoms with Gasteiger partial charge < -0.3 is 20.5 Å². The normalized spacial score (nSPS) is 19.9. The number of anilines is 1. The quantitative estimate of drug-likeness (QED) is 0.486. The van der Waals surface area contributed by atoms with Crippen LogP contribution < -0.4 is 10.6 Å². The number of nitrogens with one attached hydrogen (secondary N) is 2. The van der Waals surface area contributed by atoms with Crippen LogP contribution in [-0.4, -0.2) is 47.3 Å². The number of aromatic nitrogens is 1. The predicted octanol–water partition coefficient (Wildman–Crippen LogP) is 3.72. The summed E-state index contributed by atoms with van der Waals surface area (Å²) in [6.07, 6.45) is 6.06. The summed E-state index contributed by atoms with van der Waals surface area (Å²) in [5.74, 6) is -2.37. The molecule has 7 nitrogen and oxygen atoms in total. The van der Waals surface area contributed by atoms with Crippen molar-refractivity contribution in [3.8, 4) is 0 Å². The standard InChI is InChI=1S/C25H29F2N3O4/c26-17-5-8-21(27)20(14-17)24(31)30-22(25(32)33)9-11-34-19-12-15(13-19)3-6-18-7-4-16-2-1-10-28-23(16)29-18/h4-5,7-8,14-15,19,22H,1-3,6,9-13H2,(H,28,29)(H,30,31)(H,32,33). The molecule has 1 amide bonds. The third-order valence-electron chi connectivity index (χ3n) is 6.49. The molecule has 9 heteroatoms. The molecule has 0 spiro atoms. The summed E-state index contributed by atoms with van der Waals surface area (Å²) < 4.78 is 32.8. The highest BCUT2D eigenvalue weighted by Gasteiger charge is 2.30. The minimum atomic E-state index is -1.26. The number of amides is 1. The Kier molecular flexibility index (Phi) is 7.72. The maximum Gasteiger partial charge on any atom is 0.326 e. The highest BCUT2D eigenvalue weighted by molar-refractivity contribution is 5.96. The number of nitrogens with zero attached hydrogens (tertiary/aromatic N) is 1. The number of pyridine rings is 1. The molecule has 2 heterocycles. The zero-order valence-corrected chi connectivity index (χ0v) is 18.9. The lowest BCUT2D eigenvalue weighted by molar-refractivity contribution is -0.140. The number of rotatable bonds is 10. The van der Waals surface area contributed by atoms with E-state index in [0.29, 0.717) is 5.92 Å². The van der Waals surface area contributed by atoms with Crippen molar-refractivity contribution in [1.29, 1.82) is 0 Å². The van der Waals surface area contributed by atoms with Crippen molar-refractivity contribution >= 4 is 17.7 Å². The van der Waals surface area contributed by atoms with E-state index in [9.17, 15) is 23.5 Å². The predicted molar refractivity (Wildman–Crippen MR) is 122 cm³/mol. The summed E-state index contributed by atoms with van der Waals surface area (Å²) in [6, 6.07) is 5.47. The average molecular weight is 474 g/mol. The summed E-state index contributed by atoms with van der Waals surface area (Å²) in [7, 11) is 0. The first-order valence-electron chi connectivity index (χ1n) is 11.7. The molecule has 1 atom stereocenters. The van der Waals surface area contributed by atoms with Crippen molar-refractivity contribution in [2.75, 3.05) is 18.5 Å². The molecule has 2 aliphatic rings. The molecule has 1 aliphatic carbocycles. The molecule has 1 unspecified atom stereocenters. The molecule has 1 fully saturated rings. The smallest absolute Gasteiger partial charge is 0.326 e. The zero-order valence-electron chi connectivity index (χ0n) is 18.9. The van der Waals surface area contributed by atoms with Crippen molar-refractivity contribution in [1.82, 2.24) is 10.3 Å². The van der Waals surface area contributed by atoms with E-state index < -0.39 is 35.1 Å². The summed E-state index contributed by atoms with van der Waals surface area (Å²) >= 11 is 0. The van der Waals surface area contributed by atoms with Crippen LogP contribution >= 0.6 is 0 Å². The highest BCUT2D eigenvalue weighted by atomic mass is 19.1. The van der Waals surface area contributed by atoms with Gasteiger partial charge in [-0.15, -0.1) is 0 Å². The number of halogens is 2. The first kappa shape index (κ1) is 24.1. The molecule has 0 bridgehead atoms. The second-order valence-electron chi connectivity index (χ2n) is 8.99. The first-order valence-corrected chi connectivity index (χ1v) is 11.7. The van der Waals surface area contributed by atoms with E-state index in [2.05, 4.69) is 22.8 Å². The van der Waals surface area contributed by atoms with E-state index in [1.165, 1.54) is 5.56 Å². The van der Waals surface area contributed by atoms with Crippen molar-refractivity contribution in [3.05, 3.63) is 58.8 Å². The molecule has 0 saturated heterocycles. The van der Waals surface area contributed by atoms with E-state index in [1.807, 2.05) is 0 Å². The minimum Gasteiger partial charge on any atom is -0.480 e. The van der Waals surface area contributed by atoms with Gasteiger partial charge in [0.1, 0.15) is 23.5 Å². The largest absolute Gasteiger partial charge is 0.480 e. The van der Waals surface area contributed by atoms with E-state index >= 15 is 0 Å². The maximum atomic E-state index is 13.8. The van der Waals surface area contributed by atoms with Crippen molar-refractivity contribution in [2.45, 2.75) is 57.1 Å². The third-order valence-corrected chi connectivity index (χ3v) is 6.49. The number of fused-ring (bicyclic) bond motifs is 1. The van der Waals surface area contributed by atoms with Crippen LogP contribution in [-0.2, 0) is 22.4 Å². The van der Waals surface area contributed by atoms with E-state index in [0.717, 1.165) is 74.8 Å². The Balaban J connectivity index is 1.16. The van der Waals surface area contributed by atoms with E-state index in [4.69, 9.17) is 9.72 Å². The van der Waals surface area contributed by atoms with Gasteiger partial charge in [-0.2, -0.15) is 0 Å². The SMILES string of the molecule is O=C(NC(CCOC1CC(CCc2ccc3c(n2)NCCC3)C1)C(=O)O)c1cc(F)ccc1F. The third kappa shape index (κ3) is 6.08. The van der Waals surface area contributed by atoms with Gasteiger partial charge in [-0.05, 0) is 74.3 Å². The highest BCUT2D eigenvalue weighted by Crippen LogP contribution is 2.34. The number of aliphatic carboxylic acids is 1. The molecule has 0 radical (unpaired) electrons. The second kappa shape index (κ2) is 10.9. The number of carboxylic acids is 1. The number of ether oxygens (including phenoxy) is 1. The van der Waals surface area contributed by atoms with Crippen LogP contribution in [0.15, 0.2) is 30.3 Å². The van der Waals surface area contributed by atoms with Gasteiger partial charge in [-0.25, -0.2) is 18.6 Å². The molecule has 182 valence electrons. The Hall–Kier alpha value is -3.07. The summed E-state index contributed by atoms with van der Waals surface area (Å²) in [6.45, 7) is 1.12. The molecule has 1 aromatic carbocycles. The monoisotopic (exact) mass is 473 g/mol. The van der Waals surface area contributed by atoms with Crippen LogP contribution in [0.3, 0.4) is 0 Å². The Labute approximate surface area is 196 Å². The second-order valence-corrected chi connectivity index (χ2v) is 8.99. The summed E-state index contributed by atoms with van der Waals surface area (Å²) in [5.41, 5.74) is 1.84. The zero-order chi connectivity index (χ0) is 24.1. The van der Waals surface area contributed by atoms with Gasteiger partial charge in [0.2, 0.25) is 0 Å². The minimum absolute atomic E-state index is 0.0330. The molecular weight excluding hydrogens is 444 g/mol. The van der Waals surface area contributed by atoms with Gasteiger partial charge in [-0.1, -0.05) is 6.07 Å². The van der Waals surface area contributed by atoms with Gasteiger partial charge in [0.05, 0.1) is 11.7 Å². The Bertz CT molecular complexity index is 1040. The number of carboxylic acid groups (broad SMARTS) is 1. The molecule has 2 aromatic rings.